The molecule has 17 heavy (non-hydrogen) atoms. The molecule has 3 nitrogen and oxygen atoms in total. The first-order valence-corrected chi connectivity index (χ1v) is 5.61. The van der Waals surface area contributed by atoms with Gasteiger partial charge in [0.15, 0.2) is 11.6 Å². The van der Waals surface area contributed by atoms with Crippen LogP contribution in [0, 0.1) is 17.6 Å². The van der Waals surface area contributed by atoms with Crippen LogP contribution in [0.15, 0.2) is 12.1 Å². The minimum absolute atomic E-state index is 0.0985. The molecular formula is C12H16F2N2O. The third-order valence-electron chi connectivity index (χ3n) is 3.40. The highest BCUT2D eigenvalue weighted by molar-refractivity contribution is 5.36. The van der Waals surface area contributed by atoms with Crippen molar-refractivity contribution in [1.29, 1.82) is 0 Å². The zero-order valence-corrected chi connectivity index (χ0v) is 9.66. The molecule has 1 aromatic rings. The van der Waals surface area contributed by atoms with Gasteiger partial charge in [0.1, 0.15) is 5.75 Å². The molecule has 0 bridgehead atoms. The van der Waals surface area contributed by atoms with E-state index in [0.29, 0.717) is 18.0 Å². The van der Waals surface area contributed by atoms with Gasteiger partial charge in [0.25, 0.3) is 0 Å². The highest BCUT2D eigenvalue weighted by atomic mass is 19.2. The normalized spacial score (nSPS) is 25.4. The Hall–Kier alpha value is -1.20. The zero-order chi connectivity index (χ0) is 12.6. The van der Waals surface area contributed by atoms with E-state index in [0.717, 1.165) is 25.1 Å². The van der Waals surface area contributed by atoms with E-state index in [1.54, 1.807) is 0 Å². The van der Waals surface area contributed by atoms with Gasteiger partial charge in [-0.1, -0.05) is 0 Å². The van der Waals surface area contributed by atoms with Crippen molar-refractivity contribution in [2.45, 2.75) is 12.5 Å². The average molecular weight is 242 g/mol. The van der Waals surface area contributed by atoms with Gasteiger partial charge in [-0.3, -0.25) is 4.90 Å². The molecular weight excluding hydrogens is 226 g/mol. The number of benzene rings is 1. The molecule has 1 aliphatic rings. The second-order valence-electron chi connectivity index (χ2n) is 4.62. The summed E-state index contributed by atoms with van der Waals surface area (Å²) in [6, 6.07) is 1.80. The Morgan fingerprint density at radius 2 is 2.06 bits per heavy atom. The summed E-state index contributed by atoms with van der Waals surface area (Å²) in [6.07, 6.45) is 0.756. The molecule has 5 heteroatoms. The molecule has 0 aliphatic carbocycles. The smallest absolute Gasteiger partial charge is 0.162 e. The van der Waals surface area contributed by atoms with E-state index in [9.17, 15) is 13.9 Å². The van der Waals surface area contributed by atoms with Crippen LogP contribution in [0.2, 0.25) is 0 Å². The van der Waals surface area contributed by atoms with Gasteiger partial charge in [-0.25, -0.2) is 8.78 Å². The lowest BCUT2D eigenvalue weighted by molar-refractivity contribution is 0.304. The Bertz CT molecular complexity index is 425. The van der Waals surface area contributed by atoms with E-state index in [4.69, 9.17) is 5.73 Å². The van der Waals surface area contributed by atoms with Gasteiger partial charge >= 0.3 is 0 Å². The number of nitrogens with zero attached hydrogens (tertiary/aromatic N) is 1. The maximum Gasteiger partial charge on any atom is 0.162 e. The Kier molecular flexibility index (Phi) is 3.31. The van der Waals surface area contributed by atoms with E-state index in [1.165, 1.54) is 0 Å². The van der Waals surface area contributed by atoms with Crippen LogP contribution in [0.25, 0.3) is 0 Å². The fourth-order valence-electron chi connectivity index (χ4n) is 2.46. The van der Waals surface area contributed by atoms with E-state index in [-0.39, 0.29) is 11.8 Å². The molecule has 0 aromatic heterocycles. The Labute approximate surface area is 98.8 Å². The summed E-state index contributed by atoms with van der Waals surface area (Å²) in [7, 11) is 1.89. The fourth-order valence-corrected chi connectivity index (χ4v) is 2.46. The monoisotopic (exact) mass is 242 g/mol. The van der Waals surface area contributed by atoms with E-state index >= 15 is 0 Å². The number of phenolic OH excluding ortho intramolecular Hbond substituents is 1. The SMILES string of the molecule is CN1CC(CN)CC1c1cc(F)c(F)cc1O. The third-order valence-corrected chi connectivity index (χ3v) is 3.40. The van der Waals surface area contributed by atoms with Crippen LogP contribution in [0.5, 0.6) is 5.75 Å². The van der Waals surface area contributed by atoms with Crippen molar-refractivity contribution in [3.05, 3.63) is 29.3 Å². The molecule has 1 aromatic carbocycles. The van der Waals surface area contributed by atoms with Crippen molar-refractivity contribution in [3.8, 4) is 5.75 Å². The van der Waals surface area contributed by atoms with Crippen LogP contribution >= 0.6 is 0 Å². The molecule has 3 N–H and O–H groups in total. The summed E-state index contributed by atoms with van der Waals surface area (Å²) < 4.78 is 26.1. The number of halogens is 2. The van der Waals surface area contributed by atoms with Gasteiger partial charge in [0, 0.05) is 24.2 Å². The number of likely N-dealkylation sites (tertiary alicyclic amines) is 1. The maximum atomic E-state index is 13.2. The summed E-state index contributed by atoms with van der Waals surface area (Å²) in [5.41, 5.74) is 6.04. The van der Waals surface area contributed by atoms with Gasteiger partial charge < -0.3 is 10.8 Å². The van der Waals surface area contributed by atoms with Crippen molar-refractivity contribution in [2.75, 3.05) is 20.1 Å². The minimum atomic E-state index is -1.03. The highest BCUT2D eigenvalue weighted by Gasteiger charge is 2.31. The van der Waals surface area contributed by atoms with E-state index in [1.807, 2.05) is 11.9 Å². The van der Waals surface area contributed by atoms with Crippen LogP contribution < -0.4 is 5.73 Å². The predicted octanol–water partition coefficient (Wildman–Crippen LogP) is 1.62. The molecule has 2 unspecified atom stereocenters. The van der Waals surface area contributed by atoms with Gasteiger partial charge in [-0.15, -0.1) is 0 Å². The Morgan fingerprint density at radius 3 is 2.65 bits per heavy atom. The summed E-state index contributed by atoms with van der Waals surface area (Å²) in [5, 5.41) is 9.69. The quantitative estimate of drug-likeness (QED) is 0.828. The number of rotatable bonds is 2. The fraction of sp³-hybridized carbons (Fsp3) is 0.500. The third kappa shape index (κ3) is 2.25. The minimum Gasteiger partial charge on any atom is -0.507 e. The molecule has 0 saturated carbocycles. The van der Waals surface area contributed by atoms with Crippen LogP contribution in [0.1, 0.15) is 18.0 Å². The molecule has 1 heterocycles. The average Bonchev–Trinajstić information content (AvgIpc) is 2.65. The van der Waals surface area contributed by atoms with Gasteiger partial charge in [-0.05, 0) is 32.0 Å². The van der Waals surface area contributed by atoms with Crippen molar-refractivity contribution < 1.29 is 13.9 Å². The Balaban J connectivity index is 2.31. The lowest BCUT2D eigenvalue weighted by atomic mass is 9.99. The summed E-state index contributed by atoms with van der Waals surface area (Å²) >= 11 is 0. The lowest BCUT2D eigenvalue weighted by Crippen LogP contribution is -2.20. The van der Waals surface area contributed by atoms with Crippen molar-refractivity contribution in [1.82, 2.24) is 4.90 Å². The van der Waals surface area contributed by atoms with Gasteiger partial charge in [-0.2, -0.15) is 0 Å². The van der Waals surface area contributed by atoms with E-state index in [2.05, 4.69) is 0 Å². The molecule has 0 amide bonds. The first-order valence-electron chi connectivity index (χ1n) is 5.61. The Morgan fingerprint density at radius 1 is 1.41 bits per heavy atom. The van der Waals surface area contributed by atoms with Gasteiger partial charge in [0.05, 0.1) is 0 Å². The molecule has 0 radical (unpaired) electrons. The van der Waals surface area contributed by atoms with Crippen LogP contribution in [-0.4, -0.2) is 30.1 Å². The van der Waals surface area contributed by atoms with Crippen molar-refractivity contribution in [2.24, 2.45) is 11.7 Å². The van der Waals surface area contributed by atoms with Crippen molar-refractivity contribution >= 4 is 0 Å². The summed E-state index contributed by atoms with van der Waals surface area (Å²) in [6.45, 7) is 1.37. The standard InChI is InChI=1S/C12H16F2N2O/c1-16-6-7(5-15)2-11(16)8-3-9(13)10(14)4-12(8)17/h3-4,7,11,17H,2,5-6,15H2,1H3. The predicted molar refractivity (Wildman–Crippen MR) is 60.6 cm³/mol. The molecule has 1 fully saturated rings. The number of nitrogens with two attached hydrogens (primary N) is 1. The number of phenols is 1. The second kappa shape index (κ2) is 4.58. The molecule has 2 rings (SSSR count). The second-order valence-corrected chi connectivity index (χ2v) is 4.62. The summed E-state index contributed by atoms with van der Waals surface area (Å²) in [5.74, 6) is -1.82. The van der Waals surface area contributed by atoms with Crippen LogP contribution in [0.4, 0.5) is 8.78 Å². The number of hydrogen-bond donors (Lipinski definition) is 2. The van der Waals surface area contributed by atoms with Crippen molar-refractivity contribution in [3.63, 3.8) is 0 Å². The number of aromatic hydroxyl groups is 1. The zero-order valence-electron chi connectivity index (χ0n) is 9.66. The largest absolute Gasteiger partial charge is 0.507 e. The number of hydrogen-bond acceptors (Lipinski definition) is 3. The van der Waals surface area contributed by atoms with Crippen LogP contribution in [-0.2, 0) is 0 Å². The lowest BCUT2D eigenvalue weighted by Gasteiger charge is -2.20. The first kappa shape index (κ1) is 12.3. The molecule has 1 saturated heterocycles. The molecule has 94 valence electrons. The molecule has 0 spiro atoms. The van der Waals surface area contributed by atoms with Gasteiger partial charge in [0.2, 0.25) is 0 Å². The first-order chi connectivity index (χ1) is 8.02. The van der Waals surface area contributed by atoms with Crippen LogP contribution in [0.3, 0.4) is 0 Å². The maximum absolute atomic E-state index is 13.2. The molecule has 2 atom stereocenters. The van der Waals surface area contributed by atoms with E-state index < -0.39 is 11.6 Å². The topological polar surface area (TPSA) is 49.5 Å². The molecule has 1 aliphatic heterocycles. The highest BCUT2D eigenvalue weighted by Crippen LogP contribution is 2.38. The summed E-state index contributed by atoms with van der Waals surface area (Å²) in [4.78, 5) is 2.00.